The van der Waals surface area contributed by atoms with E-state index < -0.39 is 5.97 Å². The second-order valence-electron chi connectivity index (χ2n) is 6.17. The zero-order chi connectivity index (χ0) is 16.4. The van der Waals surface area contributed by atoms with E-state index >= 15 is 0 Å². The van der Waals surface area contributed by atoms with Gasteiger partial charge in [0.15, 0.2) is 0 Å². The van der Waals surface area contributed by atoms with E-state index in [1.807, 2.05) is 29.6 Å². The number of nitrogens with zero attached hydrogens (tertiary/aromatic N) is 4. The SMILES string of the molecule is CN(c1cccc(C(=O)O)c1)c1nnc(C2CCCCC2)n1C. The van der Waals surface area contributed by atoms with Gasteiger partial charge in [-0.1, -0.05) is 25.3 Å². The van der Waals surface area contributed by atoms with E-state index in [0.29, 0.717) is 5.92 Å². The Kier molecular flexibility index (Phi) is 4.32. The van der Waals surface area contributed by atoms with Gasteiger partial charge in [-0.3, -0.25) is 4.57 Å². The summed E-state index contributed by atoms with van der Waals surface area (Å²) in [7, 11) is 3.87. The van der Waals surface area contributed by atoms with Crippen molar-refractivity contribution < 1.29 is 9.90 Å². The molecule has 1 aromatic heterocycles. The molecular formula is C17H22N4O2. The topological polar surface area (TPSA) is 71.2 Å². The number of aromatic carboxylic acids is 1. The molecule has 1 N–H and O–H groups in total. The fourth-order valence-electron chi connectivity index (χ4n) is 3.30. The maximum Gasteiger partial charge on any atom is 0.335 e. The van der Waals surface area contributed by atoms with Crippen molar-refractivity contribution in [1.29, 1.82) is 0 Å². The Morgan fingerprint density at radius 1 is 1.26 bits per heavy atom. The van der Waals surface area contributed by atoms with Crippen LogP contribution in [0.4, 0.5) is 11.6 Å². The summed E-state index contributed by atoms with van der Waals surface area (Å²) in [5.41, 5.74) is 1.06. The zero-order valence-corrected chi connectivity index (χ0v) is 13.6. The molecule has 1 heterocycles. The summed E-state index contributed by atoms with van der Waals surface area (Å²) in [5, 5.41) is 17.9. The minimum Gasteiger partial charge on any atom is -0.478 e. The molecule has 1 saturated carbocycles. The van der Waals surface area contributed by atoms with Crippen molar-refractivity contribution in [2.75, 3.05) is 11.9 Å². The Hall–Kier alpha value is -2.37. The van der Waals surface area contributed by atoms with Gasteiger partial charge in [-0.05, 0) is 31.0 Å². The van der Waals surface area contributed by atoms with E-state index in [1.54, 1.807) is 18.2 Å². The smallest absolute Gasteiger partial charge is 0.335 e. The molecule has 0 aliphatic heterocycles. The molecule has 0 bridgehead atoms. The van der Waals surface area contributed by atoms with Crippen molar-refractivity contribution in [3.05, 3.63) is 35.7 Å². The van der Waals surface area contributed by atoms with Crippen molar-refractivity contribution in [3.63, 3.8) is 0 Å². The van der Waals surface area contributed by atoms with Crippen LogP contribution >= 0.6 is 0 Å². The molecule has 1 aromatic carbocycles. The third-order valence-electron chi connectivity index (χ3n) is 4.64. The van der Waals surface area contributed by atoms with E-state index in [4.69, 9.17) is 5.11 Å². The quantitative estimate of drug-likeness (QED) is 0.937. The first kappa shape index (κ1) is 15.5. The fraction of sp³-hybridized carbons (Fsp3) is 0.471. The first-order valence-corrected chi connectivity index (χ1v) is 8.04. The number of rotatable bonds is 4. The molecule has 6 nitrogen and oxygen atoms in total. The summed E-state index contributed by atoms with van der Waals surface area (Å²) in [6.45, 7) is 0. The van der Waals surface area contributed by atoms with Gasteiger partial charge >= 0.3 is 5.97 Å². The number of aromatic nitrogens is 3. The molecule has 0 radical (unpaired) electrons. The lowest BCUT2D eigenvalue weighted by molar-refractivity contribution is 0.0697. The van der Waals surface area contributed by atoms with Crippen LogP contribution in [-0.4, -0.2) is 32.9 Å². The molecule has 1 aliphatic rings. The number of carbonyl (C=O) groups is 1. The molecule has 0 saturated heterocycles. The fourth-order valence-corrected chi connectivity index (χ4v) is 3.30. The molecule has 122 valence electrons. The van der Waals surface area contributed by atoms with Gasteiger partial charge in [-0.25, -0.2) is 4.79 Å². The number of anilines is 2. The van der Waals surface area contributed by atoms with Crippen LogP contribution < -0.4 is 4.90 Å². The van der Waals surface area contributed by atoms with Crippen LogP contribution in [0, 0.1) is 0 Å². The summed E-state index contributed by atoms with van der Waals surface area (Å²) < 4.78 is 2.03. The lowest BCUT2D eigenvalue weighted by Crippen LogP contribution is -2.17. The Bertz CT molecular complexity index is 704. The van der Waals surface area contributed by atoms with E-state index in [9.17, 15) is 4.79 Å². The van der Waals surface area contributed by atoms with E-state index in [-0.39, 0.29) is 5.56 Å². The van der Waals surface area contributed by atoms with Gasteiger partial charge in [-0.15, -0.1) is 10.2 Å². The van der Waals surface area contributed by atoms with Gasteiger partial charge in [0.05, 0.1) is 5.56 Å². The lowest BCUT2D eigenvalue weighted by Gasteiger charge is -2.22. The third-order valence-corrected chi connectivity index (χ3v) is 4.64. The van der Waals surface area contributed by atoms with Crippen LogP contribution in [0.15, 0.2) is 24.3 Å². The normalized spacial score (nSPS) is 15.6. The summed E-state index contributed by atoms with van der Waals surface area (Å²) in [5.74, 6) is 1.31. The van der Waals surface area contributed by atoms with E-state index in [1.165, 1.54) is 32.1 Å². The molecule has 6 heteroatoms. The van der Waals surface area contributed by atoms with E-state index in [2.05, 4.69) is 10.2 Å². The maximum atomic E-state index is 11.1. The van der Waals surface area contributed by atoms with Crippen molar-refractivity contribution >= 4 is 17.6 Å². The minimum absolute atomic E-state index is 0.268. The number of carboxylic acids is 1. The highest BCUT2D eigenvalue weighted by atomic mass is 16.4. The summed E-state index contributed by atoms with van der Waals surface area (Å²) in [4.78, 5) is 13.0. The first-order valence-electron chi connectivity index (χ1n) is 8.04. The summed E-state index contributed by atoms with van der Waals surface area (Å²) in [6.07, 6.45) is 6.16. The van der Waals surface area contributed by atoms with Crippen LogP contribution in [0.2, 0.25) is 0 Å². The number of hydrogen-bond donors (Lipinski definition) is 1. The van der Waals surface area contributed by atoms with Crippen molar-refractivity contribution in [1.82, 2.24) is 14.8 Å². The van der Waals surface area contributed by atoms with Crippen molar-refractivity contribution in [2.24, 2.45) is 7.05 Å². The number of benzene rings is 1. The lowest BCUT2D eigenvalue weighted by atomic mass is 9.89. The Morgan fingerprint density at radius 2 is 2.00 bits per heavy atom. The average molecular weight is 314 g/mol. The molecule has 23 heavy (non-hydrogen) atoms. The Morgan fingerprint density at radius 3 is 2.70 bits per heavy atom. The Labute approximate surface area is 135 Å². The van der Waals surface area contributed by atoms with Crippen LogP contribution in [0.3, 0.4) is 0 Å². The minimum atomic E-state index is -0.930. The van der Waals surface area contributed by atoms with Gasteiger partial charge in [0.2, 0.25) is 5.95 Å². The maximum absolute atomic E-state index is 11.1. The second-order valence-corrected chi connectivity index (χ2v) is 6.17. The average Bonchev–Trinajstić information content (AvgIpc) is 2.96. The zero-order valence-electron chi connectivity index (χ0n) is 13.6. The molecule has 0 atom stereocenters. The third kappa shape index (κ3) is 3.06. The van der Waals surface area contributed by atoms with Crippen molar-refractivity contribution in [3.8, 4) is 0 Å². The van der Waals surface area contributed by atoms with Crippen LogP contribution in [0.5, 0.6) is 0 Å². The van der Waals surface area contributed by atoms with Crippen LogP contribution in [-0.2, 0) is 7.05 Å². The highest BCUT2D eigenvalue weighted by Crippen LogP contribution is 2.33. The molecule has 1 fully saturated rings. The molecular weight excluding hydrogens is 292 g/mol. The molecule has 3 rings (SSSR count). The molecule has 0 unspecified atom stereocenters. The van der Waals surface area contributed by atoms with Gasteiger partial charge in [0, 0.05) is 25.7 Å². The van der Waals surface area contributed by atoms with E-state index in [0.717, 1.165) is 17.5 Å². The summed E-state index contributed by atoms with van der Waals surface area (Å²) >= 11 is 0. The summed E-state index contributed by atoms with van der Waals surface area (Å²) in [6, 6.07) is 6.86. The predicted octanol–water partition coefficient (Wildman–Crippen LogP) is 3.33. The molecule has 0 amide bonds. The largest absolute Gasteiger partial charge is 0.478 e. The standard InChI is InChI=1S/C17H22N4O2/c1-20(14-10-6-9-13(11-14)16(22)23)17-19-18-15(21(17)2)12-7-4-3-5-8-12/h6,9-12H,3-5,7-8H2,1-2H3,(H,22,23). The van der Waals surface area contributed by atoms with Gasteiger partial charge in [0.25, 0.3) is 0 Å². The first-order chi connectivity index (χ1) is 11.1. The van der Waals surface area contributed by atoms with Gasteiger partial charge in [-0.2, -0.15) is 0 Å². The Balaban J connectivity index is 1.88. The monoisotopic (exact) mass is 314 g/mol. The molecule has 0 spiro atoms. The predicted molar refractivity (Wildman–Crippen MR) is 88.3 cm³/mol. The molecule has 2 aromatic rings. The molecule has 1 aliphatic carbocycles. The van der Waals surface area contributed by atoms with Gasteiger partial charge < -0.3 is 10.0 Å². The van der Waals surface area contributed by atoms with Crippen LogP contribution in [0.1, 0.15) is 54.2 Å². The highest BCUT2D eigenvalue weighted by molar-refractivity contribution is 5.89. The van der Waals surface area contributed by atoms with Crippen molar-refractivity contribution in [2.45, 2.75) is 38.0 Å². The van der Waals surface area contributed by atoms with Gasteiger partial charge in [0.1, 0.15) is 5.82 Å². The number of carboxylic acid groups (broad SMARTS) is 1. The second kappa shape index (κ2) is 6.40. The highest BCUT2D eigenvalue weighted by Gasteiger charge is 2.23. The van der Waals surface area contributed by atoms with Crippen LogP contribution in [0.25, 0.3) is 0 Å². The number of hydrogen-bond acceptors (Lipinski definition) is 4.